The first kappa shape index (κ1) is 20.5. The normalized spacial score (nSPS) is 15.0. The summed E-state index contributed by atoms with van der Waals surface area (Å²) in [6.45, 7) is 8.72. The summed E-state index contributed by atoms with van der Waals surface area (Å²) in [5.41, 5.74) is 3.73. The number of hydrogen-bond donors (Lipinski definition) is 0. The van der Waals surface area contributed by atoms with E-state index < -0.39 is 0 Å². The van der Waals surface area contributed by atoms with Gasteiger partial charge in [0, 0.05) is 36.2 Å². The first-order valence-electron chi connectivity index (χ1n) is 9.76. The first-order valence-corrected chi connectivity index (χ1v) is 11.4. The number of aryl methyl sites for hydroxylation is 2. The van der Waals surface area contributed by atoms with Crippen molar-refractivity contribution < 1.29 is 9.53 Å². The third kappa shape index (κ3) is 4.69. The van der Waals surface area contributed by atoms with Gasteiger partial charge < -0.3 is 4.74 Å². The lowest BCUT2D eigenvalue weighted by Crippen LogP contribution is -2.43. The van der Waals surface area contributed by atoms with Gasteiger partial charge >= 0.3 is 0 Å². The number of nitrogens with zero attached hydrogens (tertiary/aromatic N) is 3. The molecule has 0 N–H and O–H groups in total. The van der Waals surface area contributed by atoms with Crippen LogP contribution in [0.2, 0.25) is 0 Å². The fourth-order valence-electron chi connectivity index (χ4n) is 3.46. The van der Waals surface area contributed by atoms with Gasteiger partial charge in [-0.2, -0.15) is 0 Å². The van der Waals surface area contributed by atoms with Crippen LogP contribution in [0.1, 0.15) is 21.5 Å². The Labute approximate surface area is 183 Å². The summed E-state index contributed by atoms with van der Waals surface area (Å²) in [7, 11) is 0. The number of benzene rings is 2. The van der Waals surface area contributed by atoms with Crippen LogP contribution in [0.5, 0.6) is 0 Å². The Morgan fingerprint density at radius 3 is 2.79 bits per heavy atom. The molecule has 1 aliphatic heterocycles. The number of fused-ring (bicyclic) bond motifs is 1. The maximum absolute atomic E-state index is 13.6. The molecule has 0 bridgehead atoms. The van der Waals surface area contributed by atoms with E-state index in [0.29, 0.717) is 6.54 Å². The Morgan fingerprint density at radius 1 is 1.21 bits per heavy atom. The van der Waals surface area contributed by atoms with Crippen molar-refractivity contribution in [2.75, 3.05) is 44.3 Å². The van der Waals surface area contributed by atoms with E-state index >= 15 is 0 Å². The minimum atomic E-state index is 0.0116. The molecule has 29 heavy (non-hydrogen) atoms. The Hall–Kier alpha value is -1.80. The summed E-state index contributed by atoms with van der Waals surface area (Å²) >= 11 is 5.08. The van der Waals surface area contributed by atoms with Crippen molar-refractivity contribution >= 4 is 48.5 Å². The summed E-state index contributed by atoms with van der Waals surface area (Å²) in [5.74, 6) is 0.0116. The highest BCUT2D eigenvalue weighted by atomic mass is 79.9. The molecule has 5 nitrogen and oxygen atoms in total. The summed E-state index contributed by atoms with van der Waals surface area (Å²) in [4.78, 5) is 22.5. The number of aromatic nitrogens is 1. The number of hydrogen-bond acceptors (Lipinski definition) is 5. The van der Waals surface area contributed by atoms with Crippen molar-refractivity contribution in [1.29, 1.82) is 0 Å². The van der Waals surface area contributed by atoms with E-state index in [2.05, 4.69) is 26.9 Å². The van der Waals surface area contributed by atoms with E-state index in [1.54, 1.807) is 11.3 Å². The molecule has 1 amide bonds. The van der Waals surface area contributed by atoms with E-state index in [4.69, 9.17) is 9.72 Å². The van der Waals surface area contributed by atoms with Gasteiger partial charge in [0.05, 0.1) is 23.4 Å². The highest BCUT2D eigenvalue weighted by molar-refractivity contribution is 9.10. The van der Waals surface area contributed by atoms with Gasteiger partial charge in [-0.05, 0) is 43.7 Å². The molecule has 4 rings (SSSR count). The topological polar surface area (TPSA) is 45.7 Å². The van der Waals surface area contributed by atoms with Crippen LogP contribution >= 0.6 is 27.3 Å². The molecule has 152 valence electrons. The standard InChI is InChI=1S/C22H24BrN3O2S/c1-15-3-4-16(2)18(13-15)21(27)26(8-7-25-9-11-28-12-10-25)22-24-19-6-5-17(23)14-20(19)29-22/h3-6,13-14H,7-12H2,1-2H3. The van der Waals surface area contributed by atoms with Crippen LogP contribution < -0.4 is 4.90 Å². The number of thiazole rings is 1. The number of amides is 1. The molecule has 7 heteroatoms. The summed E-state index contributed by atoms with van der Waals surface area (Å²) in [6, 6.07) is 12.1. The van der Waals surface area contributed by atoms with Gasteiger partial charge in [0.1, 0.15) is 0 Å². The second-order valence-electron chi connectivity index (χ2n) is 7.34. The lowest BCUT2D eigenvalue weighted by molar-refractivity contribution is 0.0391. The molecule has 2 heterocycles. The molecule has 1 saturated heterocycles. The van der Waals surface area contributed by atoms with E-state index in [1.807, 2.05) is 49.1 Å². The number of rotatable bonds is 5. The highest BCUT2D eigenvalue weighted by Gasteiger charge is 2.24. The minimum absolute atomic E-state index is 0.0116. The minimum Gasteiger partial charge on any atom is -0.379 e. The highest BCUT2D eigenvalue weighted by Crippen LogP contribution is 2.32. The molecular weight excluding hydrogens is 450 g/mol. The van der Waals surface area contributed by atoms with E-state index in [9.17, 15) is 4.79 Å². The molecule has 0 radical (unpaired) electrons. The first-order chi connectivity index (χ1) is 14.0. The smallest absolute Gasteiger partial charge is 0.260 e. The van der Waals surface area contributed by atoms with Crippen molar-refractivity contribution in [2.24, 2.45) is 0 Å². The molecule has 1 aromatic heterocycles. The maximum Gasteiger partial charge on any atom is 0.260 e. The van der Waals surface area contributed by atoms with Crippen LogP contribution in [0, 0.1) is 13.8 Å². The van der Waals surface area contributed by atoms with Gasteiger partial charge in [0.15, 0.2) is 5.13 Å². The molecule has 0 atom stereocenters. The second-order valence-corrected chi connectivity index (χ2v) is 9.26. The van der Waals surface area contributed by atoms with Crippen LogP contribution in [-0.4, -0.2) is 55.2 Å². The number of anilines is 1. The molecule has 3 aromatic rings. The number of carbonyl (C=O) groups excluding carboxylic acids is 1. The lowest BCUT2D eigenvalue weighted by Gasteiger charge is -2.29. The zero-order chi connectivity index (χ0) is 20.4. The van der Waals surface area contributed by atoms with Crippen molar-refractivity contribution in [1.82, 2.24) is 9.88 Å². The van der Waals surface area contributed by atoms with Gasteiger partial charge in [-0.1, -0.05) is 45.0 Å². The van der Waals surface area contributed by atoms with Gasteiger partial charge in [-0.15, -0.1) is 0 Å². The van der Waals surface area contributed by atoms with Gasteiger partial charge in [0.25, 0.3) is 5.91 Å². The third-order valence-electron chi connectivity index (χ3n) is 5.18. The SMILES string of the molecule is Cc1ccc(C)c(C(=O)N(CCN2CCOCC2)c2nc3ccc(Br)cc3s2)c1. The molecule has 1 fully saturated rings. The summed E-state index contributed by atoms with van der Waals surface area (Å²) in [5, 5.41) is 0.747. The second kappa shape index (κ2) is 8.92. The van der Waals surface area contributed by atoms with Gasteiger partial charge in [0.2, 0.25) is 0 Å². The number of ether oxygens (including phenoxy) is 1. The molecular formula is C22H24BrN3O2S. The fraction of sp³-hybridized carbons (Fsp3) is 0.364. The Morgan fingerprint density at radius 2 is 2.00 bits per heavy atom. The molecule has 0 unspecified atom stereocenters. The average Bonchev–Trinajstić information content (AvgIpc) is 3.13. The monoisotopic (exact) mass is 473 g/mol. The van der Waals surface area contributed by atoms with Gasteiger partial charge in [-0.3, -0.25) is 14.6 Å². The maximum atomic E-state index is 13.6. The zero-order valence-electron chi connectivity index (χ0n) is 16.7. The third-order valence-corrected chi connectivity index (χ3v) is 6.72. The van der Waals surface area contributed by atoms with Crippen molar-refractivity contribution in [3.63, 3.8) is 0 Å². The molecule has 1 aliphatic rings. The largest absolute Gasteiger partial charge is 0.379 e. The van der Waals surface area contributed by atoms with E-state index in [-0.39, 0.29) is 5.91 Å². The summed E-state index contributed by atoms with van der Waals surface area (Å²) < 4.78 is 7.53. The Kier molecular flexibility index (Phi) is 6.29. The van der Waals surface area contributed by atoms with Crippen LogP contribution in [0.3, 0.4) is 0 Å². The van der Waals surface area contributed by atoms with E-state index in [1.165, 1.54) is 0 Å². The van der Waals surface area contributed by atoms with Crippen LogP contribution in [-0.2, 0) is 4.74 Å². The molecule has 0 saturated carbocycles. The number of morpholine rings is 1. The van der Waals surface area contributed by atoms with Crippen molar-refractivity contribution in [3.05, 3.63) is 57.6 Å². The Bertz CT molecular complexity index is 1030. The molecule has 0 aliphatic carbocycles. The van der Waals surface area contributed by atoms with Crippen LogP contribution in [0.25, 0.3) is 10.2 Å². The molecule has 0 spiro atoms. The van der Waals surface area contributed by atoms with Crippen molar-refractivity contribution in [2.45, 2.75) is 13.8 Å². The quantitative estimate of drug-likeness (QED) is 0.540. The average molecular weight is 474 g/mol. The predicted molar refractivity (Wildman–Crippen MR) is 122 cm³/mol. The predicted octanol–water partition coefficient (Wildman–Crippen LogP) is 4.65. The van der Waals surface area contributed by atoms with Gasteiger partial charge in [-0.25, -0.2) is 4.98 Å². The van der Waals surface area contributed by atoms with Crippen molar-refractivity contribution in [3.8, 4) is 0 Å². The van der Waals surface area contributed by atoms with E-state index in [0.717, 1.165) is 69.4 Å². The fourth-order valence-corrected chi connectivity index (χ4v) is 5.01. The van der Waals surface area contributed by atoms with Crippen LogP contribution in [0.15, 0.2) is 40.9 Å². The molecule has 2 aromatic carbocycles. The zero-order valence-corrected chi connectivity index (χ0v) is 19.1. The lowest BCUT2D eigenvalue weighted by atomic mass is 10.0. The Balaban J connectivity index is 1.67. The number of halogens is 1. The summed E-state index contributed by atoms with van der Waals surface area (Å²) in [6.07, 6.45) is 0. The number of carbonyl (C=O) groups is 1. The van der Waals surface area contributed by atoms with Crippen LogP contribution in [0.4, 0.5) is 5.13 Å².